The lowest BCUT2D eigenvalue weighted by Crippen LogP contribution is -2.26. The molecule has 0 saturated carbocycles. The smallest absolute Gasteiger partial charge is 0.128 e. The van der Waals surface area contributed by atoms with Crippen molar-refractivity contribution in [3.63, 3.8) is 0 Å². The maximum atomic E-state index is 5.52. The summed E-state index contributed by atoms with van der Waals surface area (Å²) in [6, 6.07) is 6.09. The molecule has 0 atom stereocenters. The van der Waals surface area contributed by atoms with Crippen molar-refractivity contribution in [2.24, 2.45) is 5.73 Å². The largest absolute Gasteiger partial charge is 0.357 e. The second-order valence-corrected chi connectivity index (χ2v) is 4.02. The molecule has 0 fully saturated rings. The van der Waals surface area contributed by atoms with Gasteiger partial charge in [-0.3, -0.25) is 0 Å². The number of rotatable bonds is 8. The number of pyridine rings is 1. The van der Waals surface area contributed by atoms with E-state index in [-0.39, 0.29) is 0 Å². The van der Waals surface area contributed by atoms with Gasteiger partial charge in [-0.15, -0.1) is 0 Å². The first-order valence-corrected chi connectivity index (χ1v) is 6.24. The van der Waals surface area contributed by atoms with Crippen LogP contribution in [0.5, 0.6) is 0 Å². The average Bonchev–Trinajstić information content (AvgIpc) is 2.35. The second-order valence-electron chi connectivity index (χ2n) is 4.02. The molecule has 0 unspecified atom stereocenters. The van der Waals surface area contributed by atoms with Gasteiger partial charge in [0.1, 0.15) is 5.82 Å². The van der Waals surface area contributed by atoms with Crippen molar-refractivity contribution in [3.05, 3.63) is 24.4 Å². The quantitative estimate of drug-likeness (QED) is 0.686. The van der Waals surface area contributed by atoms with Gasteiger partial charge in [0.25, 0.3) is 0 Å². The number of nitrogens with zero attached hydrogens (tertiary/aromatic N) is 2. The van der Waals surface area contributed by atoms with Crippen molar-refractivity contribution >= 4 is 5.82 Å². The van der Waals surface area contributed by atoms with Crippen LogP contribution in [0.15, 0.2) is 24.4 Å². The number of hydrogen-bond acceptors (Lipinski definition) is 3. The Bertz CT molecular complexity index is 261. The third-order valence-electron chi connectivity index (χ3n) is 2.64. The minimum atomic E-state index is 0.782. The first-order chi connectivity index (χ1) is 7.88. The lowest BCUT2D eigenvalue weighted by atomic mass is 10.2. The number of anilines is 1. The molecule has 3 heteroatoms. The molecule has 2 N–H and O–H groups in total. The molecule has 0 spiro atoms. The molecule has 0 saturated heterocycles. The minimum absolute atomic E-state index is 0.782. The summed E-state index contributed by atoms with van der Waals surface area (Å²) in [7, 11) is 0. The maximum absolute atomic E-state index is 5.52. The third-order valence-corrected chi connectivity index (χ3v) is 2.64. The molecule has 0 aliphatic heterocycles. The van der Waals surface area contributed by atoms with E-state index in [1.165, 1.54) is 12.8 Å². The lowest BCUT2D eigenvalue weighted by Gasteiger charge is -2.23. The monoisotopic (exact) mass is 221 g/mol. The van der Waals surface area contributed by atoms with Crippen molar-refractivity contribution in [2.45, 2.75) is 32.6 Å². The van der Waals surface area contributed by atoms with Crippen LogP contribution < -0.4 is 10.6 Å². The fourth-order valence-electron chi connectivity index (χ4n) is 1.68. The standard InChI is InChI=1S/C13H23N3/c1-2-3-11-16(12-7-5-9-14)13-8-4-6-10-15-13/h4,6,8,10H,2-3,5,7,9,11-12,14H2,1H3. The lowest BCUT2D eigenvalue weighted by molar-refractivity contribution is 0.658. The van der Waals surface area contributed by atoms with Crippen LogP contribution in [0, 0.1) is 0 Å². The summed E-state index contributed by atoms with van der Waals surface area (Å²) in [4.78, 5) is 6.77. The molecule has 0 amide bonds. The molecule has 3 nitrogen and oxygen atoms in total. The van der Waals surface area contributed by atoms with E-state index in [4.69, 9.17) is 5.73 Å². The highest BCUT2D eigenvalue weighted by Gasteiger charge is 2.05. The molecule has 1 aromatic rings. The van der Waals surface area contributed by atoms with Gasteiger partial charge in [0, 0.05) is 19.3 Å². The van der Waals surface area contributed by atoms with Gasteiger partial charge in [-0.1, -0.05) is 19.4 Å². The molecule has 90 valence electrons. The molecule has 0 radical (unpaired) electrons. The average molecular weight is 221 g/mol. The van der Waals surface area contributed by atoms with E-state index < -0.39 is 0 Å². The molecule has 0 bridgehead atoms. The summed E-state index contributed by atoms with van der Waals surface area (Å²) in [5.41, 5.74) is 5.52. The zero-order chi connectivity index (χ0) is 11.6. The summed E-state index contributed by atoms with van der Waals surface area (Å²) < 4.78 is 0. The van der Waals surface area contributed by atoms with E-state index in [1.807, 2.05) is 18.3 Å². The molecule has 0 aliphatic rings. The van der Waals surface area contributed by atoms with Crippen LogP contribution in [0.4, 0.5) is 5.82 Å². The van der Waals surface area contributed by atoms with Crippen LogP contribution in [0.2, 0.25) is 0 Å². The van der Waals surface area contributed by atoms with E-state index in [0.29, 0.717) is 0 Å². The van der Waals surface area contributed by atoms with Crippen LogP contribution in [-0.4, -0.2) is 24.6 Å². The minimum Gasteiger partial charge on any atom is -0.357 e. The molecule has 1 heterocycles. The zero-order valence-electron chi connectivity index (χ0n) is 10.2. The molecule has 0 aliphatic carbocycles. The highest BCUT2D eigenvalue weighted by atomic mass is 15.2. The van der Waals surface area contributed by atoms with Gasteiger partial charge >= 0.3 is 0 Å². The van der Waals surface area contributed by atoms with Crippen LogP contribution in [0.1, 0.15) is 32.6 Å². The fraction of sp³-hybridized carbons (Fsp3) is 0.615. The van der Waals surface area contributed by atoms with E-state index in [9.17, 15) is 0 Å². The SMILES string of the molecule is CCCCN(CCCCN)c1ccccn1. The van der Waals surface area contributed by atoms with Crippen LogP contribution in [-0.2, 0) is 0 Å². The maximum Gasteiger partial charge on any atom is 0.128 e. The predicted octanol–water partition coefficient (Wildman–Crippen LogP) is 2.43. The van der Waals surface area contributed by atoms with Crippen molar-refractivity contribution < 1.29 is 0 Å². The predicted molar refractivity (Wildman–Crippen MR) is 69.6 cm³/mol. The number of aromatic nitrogens is 1. The van der Waals surface area contributed by atoms with E-state index in [1.54, 1.807) is 0 Å². The second kappa shape index (κ2) is 8.11. The molecule has 0 aromatic carbocycles. The molecular formula is C13H23N3. The normalized spacial score (nSPS) is 10.4. The summed E-state index contributed by atoms with van der Waals surface area (Å²) in [6.45, 7) is 5.16. The van der Waals surface area contributed by atoms with Crippen LogP contribution >= 0.6 is 0 Å². The highest BCUT2D eigenvalue weighted by molar-refractivity contribution is 5.37. The third kappa shape index (κ3) is 4.62. The Morgan fingerprint density at radius 1 is 1.19 bits per heavy atom. The summed E-state index contributed by atoms with van der Waals surface area (Å²) in [6.07, 6.45) is 6.54. The Morgan fingerprint density at radius 3 is 2.62 bits per heavy atom. The Labute approximate surface area is 98.7 Å². The topological polar surface area (TPSA) is 42.1 Å². The van der Waals surface area contributed by atoms with Gasteiger partial charge in [0.05, 0.1) is 0 Å². The molecule has 1 aromatic heterocycles. The Balaban J connectivity index is 2.49. The van der Waals surface area contributed by atoms with E-state index >= 15 is 0 Å². The Kier molecular flexibility index (Phi) is 6.58. The van der Waals surface area contributed by atoms with Gasteiger partial charge in [-0.25, -0.2) is 4.98 Å². The van der Waals surface area contributed by atoms with Gasteiger partial charge in [0.2, 0.25) is 0 Å². The summed E-state index contributed by atoms with van der Waals surface area (Å²) >= 11 is 0. The van der Waals surface area contributed by atoms with Gasteiger partial charge in [-0.05, 0) is 37.9 Å². The summed E-state index contributed by atoms with van der Waals surface area (Å²) in [5.74, 6) is 1.09. The molecular weight excluding hydrogens is 198 g/mol. The zero-order valence-corrected chi connectivity index (χ0v) is 10.2. The fourth-order valence-corrected chi connectivity index (χ4v) is 1.68. The summed E-state index contributed by atoms with van der Waals surface area (Å²) in [5, 5.41) is 0. The Hall–Kier alpha value is -1.09. The number of nitrogens with two attached hydrogens (primary N) is 1. The van der Waals surface area contributed by atoms with Crippen LogP contribution in [0.3, 0.4) is 0 Å². The number of hydrogen-bond donors (Lipinski definition) is 1. The van der Waals surface area contributed by atoms with Crippen LogP contribution in [0.25, 0.3) is 0 Å². The highest BCUT2D eigenvalue weighted by Crippen LogP contribution is 2.11. The van der Waals surface area contributed by atoms with Crippen molar-refractivity contribution in [2.75, 3.05) is 24.5 Å². The molecule has 16 heavy (non-hydrogen) atoms. The van der Waals surface area contributed by atoms with E-state index in [2.05, 4.69) is 22.9 Å². The van der Waals surface area contributed by atoms with Gasteiger partial charge < -0.3 is 10.6 Å². The van der Waals surface area contributed by atoms with E-state index in [0.717, 1.165) is 38.3 Å². The van der Waals surface area contributed by atoms with Crippen molar-refractivity contribution in [1.82, 2.24) is 4.98 Å². The number of unbranched alkanes of at least 4 members (excludes halogenated alkanes) is 2. The van der Waals surface area contributed by atoms with Gasteiger partial charge in [0.15, 0.2) is 0 Å². The van der Waals surface area contributed by atoms with Crippen molar-refractivity contribution in [3.8, 4) is 0 Å². The molecule has 1 rings (SSSR count). The first kappa shape index (κ1) is 13.0. The first-order valence-electron chi connectivity index (χ1n) is 6.24. The van der Waals surface area contributed by atoms with Crippen molar-refractivity contribution in [1.29, 1.82) is 0 Å². The Morgan fingerprint density at radius 2 is 2.00 bits per heavy atom. The van der Waals surface area contributed by atoms with Gasteiger partial charge in [-0.2, -0.15) is 0 Å².